The zero-order chi connectivity index (χ0) is 9.97. The van der Waals surface area contributed by atoms with Crippen molar-refractivity contribution in [1.82, 2.24) is 14.5 Å². The summed E-state index contributed by atoms with van der Waals surface area (Å²) in [5.41, 5.74) is 2.54. The molecule has 0 radical (unpaired) electrons. The van der Waals surface area contributed by atoms with E-state index in [1.807, 2.05) is 23.0 Å². The molecule has 0 amide bonds. The molecule has 14 heavy (non-hydrogen) atoms. The first-order valence-corrected chi connectivity index (χ1v) is 4.83. The summed E-state index contributed by atoms with van der Waals surface area (Å²) in [5.74, 6) is 0. The molecule has 0 fully saturated rings. The molecule has 2 rings (SSSR count). The van der Waals surface area contributed by atoms with Crippen LogP contribution in [0.3, 0.4) is 0 Å². The van der Waals surface area contributed by atoms with Gasteiger partial charge in [-0.1, -0.05) is 6.07 Å². The molecule has 0 aromatic carbocycles. The van der Waals surface area contributed by atoms with E-state index < -0.39 is 0 Å². The molecule has 2 aromatic rings. The van der Waals surface area contributed by atoms with Crippen molar-refractivity contribution in [2.24, 2.45) is 0 Å². The van der Waals surface area contributed by atoms with Crippen molar-refractivity contribution < 1.29 is 0 Å². The molecule has 0 atom stereocenters. The van der Waals surface area contributed by atoms with Crippen LogP contribution in [0.1, 0.15) is 5.56 Å². The number of rotatable bonds is 3. The van der Waals surface area contributed by atoms with E-state index >= 15 is 0 Å². The fourth-order valence-electron chi connectivity index (χ4n) is 1.52. The second-order valence-corrected chi connectivity index (χ2v) is 3.75. The van der Waals surface area contributed by atoms with Crippen LogP contribution in [-0.4, -0.2) is 35.2 Å². The molecule has 0 saturated carbocycles. The zero-order valence-corrected chi connectivity index (χ0v) is 8.64. The van der Waals surface area contributed by atoms with Gasteiger partial charge in [-0.25, -0.2) is 4.52 Å². The summed E-state index contributed by atoms with van der Waals surface area (Å²) in [7, 11) is 4.18. The average molecular weight is 189 g/mol. The summed E-state index contributed by atoms with van der Waals surface area (Å²) in [4.78, 5) is 2.19. The lowest BCUT2D eigenvalue weighted by Gasteiger charge is -2.07. The molecule has 0 unspecified atom stereocenters. The van der Waals surface area contributed by atoms with Gasteiger partial charge in [0.05, 0.1) is 11.7 Å². The highest BCUT2D eigenvalue weighted by Crippen LogP contribution is 2.10. The van der Waals surface area contributed by atoms with E-state index in [2.05, 4.69) is 36.2 Å². The molecule has 0 spiro atoms. The van der Waals surface area contributed by atoms with Crippen LogP contribution in [0.15, 0.2) is 30.6 Å². The fourth-order valence-corrected chi connectivity index (χ4v) is 1.52. The van der Waals surface area contributed by atoms with E-state index in [1.165, 1.54) is 11.1 Å². The molecule has 74 valence electrons. The first kappa shape index (κ1) is 9.21. The van der Waals surface area contributed by atoms with E-state index in [0.29, 0.717) is 0 Å². The number of hydrogen-bond donors (Lipinski definition) is 0. The molecular weight excluding hydrogens is 174 g/mol. The van der Waals surface area contributed by atoms with Crippen LogP contribution in [0.25, 0.3) is 5.52 Å². The Morgan fingerprint density at radius 2 is 2.21 bits per heavy atom. The zero-order valence-electron chi connectivity index (χ0n) is 8.64. The van der Waals surface area contributed by atoms with Gasteiger partial charge in [-0.05, 0) is 38.2 Å². The second kappa shape index (κ2) is 3.80. The molecule has 0 bridgehead atoms. The van der Waals surface area contributed by atoms with E-state index in [9.17, 15) is 0 Å². The number of nitrogens with zero attached hydrogens (tertiary/aromatic N) is 3. The molecule has 0 N–H and O–H groups in total. The summed E-state index contributed by atoms with van der Waals surface area (Å²) >= 11 is 0. The molecule has 2 heterocycles. The lowest BCUT2D eigenvalue weighted by atomic mass is 10.2. The van der Waals surface area contributed by atoms with E-state index in [4.69, 9.17) is 0 Å². The molecular formula is C11H15N3. The Bertz CT molecular complexity index is 417. The Morgan fingerprint density at radius 3 is 3.00 bits per heavy atom. The van der Waals surface area contributed by atoms with Crippen molar-refractivity contribution in [3.8, 4) is 0 Å². The Balaban J connectivity index is 2.25. The Kier molecular flexibility index (Phi) is 2.50. The standard InChI is InChI=1S/C11H15N3/c1-13(2)8-6-10-9-12-14-7-4-3-5-11(10)14/h3-5,7,9H,6,8H2,1-2H3. The molecule has 0 aliphatic heterocycles. The van der Waals surface area contributed by atoms with Gasteiger partial charge < -0.3 is 4.90 Å². The predicted octanol–water partition coefficient (Wildman–Crippen LogP) is 1.44. The van der Waals surface area contributed by atoms with Gasteiger partial charge in [-0.2, -0.15) is 5.10 Å². The molecule has 0 aliphatic carbocycles. The average Bonchev–Trinajstić information content (AvgIpc) is 2.58. The maximum Gasteiger partial charge on any atom is 0.0694 e. The van der Waals surface area contributed by atoms with Gasteiger partial charge in [-0.15, -0.1) is 0 Å². The topological polar surface area (TPSA) is 20.5 Å². The fraction of sp³-hybridized carbons (Fsp3) is 0.364. The second-order valence-electron chi connectivity index (χ2n) is 3.75. The van der Waals surface area contributed by atoms with Crippen molar-refractivity contribution in [3.63, 3.8) is 0 Å². The summed E-state index contributed by atoms with van der Waals surface area (Å²) in [6.07, 6.45) is 4.99. The Hall–Kier alpha value is -1.35. The summed E-state index contributed by atoms with van der Waals surface area (Å²) in [6.45, 7) is 1.07. The molecule has 2 aromatic heterocycles. The maximum absolute atomic E-state index is 4.29. The van der Waals surface area contributed by atoms with Crippen LogP contribution in [0.5, 0.6) is 0 Å². The van der Waals surface area contributed by atoms with Gasteiger partial charge in [0.15, 0.2) is 0 Å². The summed E-state index contributed by atoms with van der Waals surface area (Å²) in [5, 5.41) is 4.29. The third kappa shape index (κ3) is 1.77. The normalized spacial score (nSPS) is 11.4. The smallest absolute Gasteiger partial charge is 0.0694 e. The van der Waals surface area contributed by atoms with Gasteiger partial charge in [-0.3, -0.25) is 0 Å². The van der Waals surface area contributed by atoms with Crippen molar-refractivity contribution in [3.05, 3.63) is 36.2 Å². The molecule has 3 nitrogen and oxygen atoms in total. The summed E-state index contributed by atoms with van der Waals surface area (Å²) in [6, 6.07) is 6.16. The minimum Gasteiger partial charge on any atom is -0.309 e. The summed E-state index contributed by atoms with van der Waals surface area (Å²) < 4.78 is 1.92. The van der Waals surface area contributed by atoms with E-state index in [1.54, 1.807) is 0 Å². The van der Waals surface area contributed by atoms with Crippen molar-refractivity contribution in [1.29, 1.82) is 0 Å². The minimum absolute atomic E-state index is 1.06. The Labute approximate surface area is 84.0 Å². The number of hydrogen-bond acceptors (Lipinski definition) is 2. The first-order chi connectivity index (χ1) is 6.77. The highest BCUT2D eigenvalue weighted by molar-refractivity contribution is 5.53. The van der Waals surface area contributed by atoms with Crippen molar-refractivity contribution in [2.75, 3.05) is 20.6 Å². The molecule has 0 aliphatic rings. The number of likely N-dealkylation sites (N-methyl/N-ethyl adjacent to an activating group) is 1. The van der Waals surface area contributed by atoms with Crippen LogP contribution >= 0.6 is 0 Å². The monoisotopic (exact) mass is 189 g/mol. The van der Waals surface area contributed by atoms with Gasteiger partial charge in [0.2, 0.25) is 0 Å². The third-order valence-electron chi connectivity index (χ3n) is 2.33. The van der Waals surface area contributed by atoms with Gasteiger partial charge >= 0.3 is 0 Å². The van der Waals surface area contributed by atoms with E-state index in [0.717, 1.165) is 13.0 Å². The van der Waals surface area contributed by atoms with Gasteiger partial charge in [0.1, 0.15) is 0 Å². The lowest BCUT2D eigenvalue weighted by Crippen LogP contribution is -2.14. The molecule has 0 saturated heterocycles. The number of aromatic nitrogens is 2. The third-order valence-corrected chi connectivity index (χ3v) is 2.33. The van der Waals surface area contributed by atoms with Crippen LogP contribution in [0.4, 0.5) is 0 Å². The molecule has 3 heteroatoms. The van der Waals surface area contributed by atoms with Crippen LogP contribution in [0.2, 0.25) is 0 Å². The van der Waals surface area contributed by atoms with Crippen LogP contribution < -0.4 is 0 Å². The largest absolute Gasteiger partial charge is 0.309 e. The van der Waals surface area contributed by atoms with Crippen molar-refractivity contribution >= 4 is 5.52 Å². The lowest BCUT2D eigenvalue weighted by molar-refractivity contribution is 0.414. The van der Waals surface area contributed by atoms with Crippen LogP contribution in [-0.2, 0) is 6.42 Å². The van der Waals surface area contributed by atoms with E-state index in [-0.39, 0.29) is 0 Å². The Morgan fingerprint density at radius 1 is 1.36 bits per heavy atom. The van der Waals surface area contributed by atoms with Gasteiger partial charge in [0, 0.05) is 12.7 Å². The number of fused-ring (bicyclic) bond motifs is 1. The van der Waals surface area contributed by atoms with Crippen LogP contribution in [0, 0.1) is 0 Å². The highest BCUT2D eigenvalue weighted by atomic mass is 15.2. The maximum atomic E-state index is 4.29. The number of pyridine rings is 1. The quantitative estimate of drug-likeness (QED) is 0.728. The first-order valence-electron chi connectivity index (χ1n) is 4.83. The van der Waals surface area contributed by atoms with Crippen molar-refractivity contribution in [2.45, 2.75) is 6.42 Å². The van der Waals surface area contributed by atoms with Gasteiger partial charge in [0.25, 0.3) is 0 Å². The minimum atomic E-state index is 1.06. The highest BCUT2D eigenvalue weighted by Gasteiger charge is 2.02. The predicted molar refractivity (Wildman–Crippen MR) is 57.5 cm³/mol. The SMILES string of the molecule is CN(C)CCc1cnn2ccccc12.